The highest BCUT2D eigenvalue weighted by atomic mass is 35.5. The molecule has 1 amide bonds. The first-order valence-electron chi connectivity index (χ1n) is 8.49. The van der Waals surface area contributed by atoms with Gasteiger partial charge < -0.3 is 5.32 Å². The third-order valence-corrected chi connectivity index (χ3v) is 4.60. The standard InChI is InChI=1S/C18H20N6O.ClH/c1-24-18(21-16(23-24)12-7-10-19-11-8-12)22-17(25)14-4-2-6-15-13(14)5-3-9-20-15;/h2-6,9,12,19H,7-8,10-11H2,1H3,(H,21,22,23,25);1H. The molecule has 0 atom stereocenters. The second kappa shape index (κ2) is 7.80. The van der Waals surface area contributed by atoms with Crippen LogP contribution in [0.2, 0.25) is 0 Å². The summed E-state index contributed by atoms with van der Waals surface area (Å²) >= 11 is 0. The van der Waals surface area contributed by atoms with Gasteiger partial charge in [-0.3, -0.25) is 15.1 Å². The molecule has 26 heavy (non-hydrogen) atoms. The van der Waals surface area contributed by atoms with Gasteiger partial charge in [0.15, 0.2) is 5.82 Å². The van der Waals surface area contributed by atoms with E-state index >= 15 is 0 Å². The van der Waals surface area contributed by atoms with E-state index in [-0.39, 0.29) is 18.3 Å². The van der Waals surface area contributed by atoms with Crippen molar-refractivity contribution in [2.75, 3.05) is 18.4 Å². The molecule has 0 aliphatic carbocycles. The summed E-state index contributed by atoms with van der Waals surface area (Å²) in [4.78, 5) is 21.6. The van der Waals surface area contributed by atoms with Crippen molar-refractivity contribution >= 4 is 35.2 Å². The highest BCUT2D eigenvalue weighted by Gasteiger charge is 2.21. The Balaban J connectivity index is 0.00000196. The number of aryl methyl sites for hydroxylation is 1. The Morgan fingerprint density at radius 3 is 2.85 bits per heavy atom. The first-order valence-corrected chi connectivity index (χ1v) is 8.49. The molecule has 4 rings (SSSR count). The average molecular weight is 373 g/mol. The summed E-state index contributed by atoms with van der Waals surface area (Å²) in [5, 5.41) is 11.5. The minimum atomic E-state index is -0.203. The molecule has 2 N–H and O–H groups in total. The van der Waals surface area contributed by atoms with Crippen LogP contribution in [-0.4, -0.2) is 38.7 Å². The Bertz CT molecular complexity index is 914. The van der Waals surface area contributed by atoms with E-state index < -0.39 is 0 Å². The molecule has 3 aromatic rings. The van der Waals surface area contributed by atoms with Crippen molar-refractivity contribution < 1.29 is 4.79 Å². The fourth-order valence-corrected chi connectivity index (χ4v) is 3.24. The zero-order valence-electron chi connectivity index (χ0n) is 14.5. The number of amides is 1. The molecule has 1 saturated heterocycles. The van der Waals surface area contributed by atoms with Crippen molar-refractivity contribution in [2.45, 2.75) is 18.8 Å². The topological polar surface area (TPSA) is 84.7 Å². The number of hydrogen-bond donors (Lipinski definition) is 2. The van der Waals surface area contributed by atoms with Gasteiger partial charge in [0.2, 0.25) is 5.95 Å². The molecule has 136 valence electrons. The minimum absolute atomic E-state index is 0. The number of hydrogen-bond acceptors (Lipinski definition) is 5. The third-order valence-electron chi connectivity index (χ3n) is 4.60. The second-order valence-corrected chi connectivity index (χ2v) is 6.27. The molecule has 7 nitrogen and oxygen atoms in total. The lowest BCUT2D eigenvalue weighted by atomic mass is 9.98. The van der Waals surface area contributed by atoms with Crippen LogP contribution in [0.25, 0.3) is 10.9 Å². The second-order valence-electron chi connectivity index (χ2n) is 6.27. The summed E-state index contributed by atoms with van der Waals surface area (Å²) in [6, 6.07) is 9.25. The fraction of sp³-hybridized carbons (Fsp3) is 0.333. The van der Waals surface area contributed by atoms with Crippen molar-refractivity contribution in [1.82, 2.24) is 25.1 Å². The minimum Gasteiger partial charge on any atom is -0.317 e. The zero-order valence-corrected chi connectivity index (χ0v) is 15.3. The van der Waals surface area contributed by atoms with Gasteiger partial charge in [-0.15, -0.1) is 12.4 Å². The lowest BCUT2D eigenvalue weighted by Gasteiger charge is -2.19. The van der Waals surface area contributed by atoms with Gasteiger partial charge in [-0.25, -0.2) is 4.68 Å². The van der Waals surface area contributed by atoms with Crippen LogP contribution >= 0.6 is 12.4 Å². The van der Waals surface area contributed by atoms with Crippen molar-refractivity contribution in [2.24, 2.45) is 7.05 Å². The van der Waals surface area contributed by atoms with E-state index in [0.717, 1.165) is 42.7 Å². The van der Waals surface area contributed by atoms with Gasteiger partial charge >= 0.3 is 0 Å². The number of benzene rings is 1. The Morgan fingerprint density at radius 2 is 2.04 bits per heavy atom. The summed E-state index contributed by atoms with van der Waals surface area (Å²) in [6.07, 6.45) is 3.76. The Kier molecular flexibility index (Phi) is 5.49. The van der Waals surface area contributed by atoms with Gasteiger partial charge in [0, 0.05) is 30.1 Å². The maximum atomic E-state index is 12.7. The van der Waals surface area contributed by atoms with E-state index in [1.54, 1.807) is 24.0 Å². The average Bonchev–Trinajstić information content (AvgIpc) is 3.02. The smallest absolute Gasteiger partial charge is 0.258 e. The van der Waals surface area contributed by atoms with Crippen LogP contribution in [-0.2, 0) is 7.05 Å². The molecule has 3 heterocycles. The molecule has 0 bridgehead atoms. The summed E-state index contributed by atoms with van der Waals surface area (Å²) in [7, 11) is 1.80. The summed E-state index contributed by atoms with van der Waals surface area (Å²) < 4.78 is 1.64. The number of anilines is 1. The van der Waals surface area contributed by atoms with Crippen molar-refractivity contribution in [3.8, 4) is 0 Å². The number of pyridine rings is 1. The Hall–Kier alpha value is -2.51. The van der Waals surface area contributed by atoms with E-state index in [4.69, 9.17) is 0 Å². The summed E-state index contributed by atoms with van der Waals surface area (Å²) in [5.41, 5.74) is 1.38. The lowest BCUT2D eigenvalue weighted by Crippen LogP contribution is -2.27. The molecule has 1 aliphatic heterocycles. The molecule has 2 aromatic heterocycles. The van der Waals surface area contributed by atoms with Gasteiger partial charge in [0.05, 0.1) is 5.52 Å². The number of nitrogens with one attached hydrogen (secondary N) is 2. The highest BCUT2D eigenvalue weighted by Crippen LogP contribution is 2.24. The SMILES string of the molecule is Cl.Cn1nc(C2CCNCC2)nc1NC(=O)c1cccc2ncccc12. The number of carbonyl (C=O) groups excluding carboxylic acids is 1. The molecule has 0 radical (unpaired) electrons. The number of fused-ring (bicyclic) bond motifs is 1. The Labute approximate surface area is 157 Å². The molecule has 1 aliphatic rings. The number of nitrogens with zero attached hydrogens (tertiary/aromatic N) is 4. The van der Waals surface area contributed by atoms with Crippen molar-refractivity contribution in [3.63, 3.8) is 0 Å². The quantitative estimate of drug-likeness (QED) is 0.737. The van der Waals surface area contributed by atoms with Gasteiger partial charge in [-0.2, -0.15) is 10.1 Å². The predicted molar refractivity (Wildman–Crippen MR) is 103 cm³/mol. The van der Waals surface area contributed by atoms with Gasteiger partial charge in [0.1, 0.15) is 0 Å². The molecular weight excluding hydrogens is 352 g/mol. The van der Waals surface area contributed by atoms with Crippen molar-refractivity contribution in [1.29, 1.82) is 0 Å². The number of carbonyl (C=O) groups is 1. The molecule has 0 spiro atoms. The number of aromatic nitrogens is 4. The number of rotatable bonds is 3. The first-order chi connectivity index (χ1) is 12.2. The molecule has 0 unspecified atom stereocenters. The molecule has 8 heteroatoms. The molecule has 0 saturated carbocycles. The highest BCUT2D eigenvalue weighted by molar-refractivity contribution is 6.11. The van der Waals surface area contributed by atoms with Crippen LogP contribution in [0.15, 0.2) is 36.5 Å². The van der Waals surface area contributed by atoms with E-state index in [0.29, 0.717) is 17.4 Å². The molecule has 1 aromatic carbocycles. The molecule has 1 fully saturated rings. The van der Waals surface area contributed by atoms with Gasteiger partial charge in [-0.05, 0) is 44.1 Å². The van der Waals surface area contributed by atoms with Crippen molar-refractivity contribution in [3.05, 3.63) is 47.9 Å². The third kappa shape index (κ3) is 3.54. The number of piperidine rings is 1. The first kappa shape index (κ1) is 18.3. The van der Waals surface area contributed by atoms with Crippen LogP contribution in [0.3, 0.4) is 0 Å². The zero-order chi connectivity index (χ0) is 17.2. The van der Waals surface area contributed by atoms with Crippen LogP contribution in [0.1, 0.15) is 34.9 Å². The van der Waals surface area contributed by atoms with E-state index in [1.807, 2.05) is 24.3 Å². The monoisotopic (exact) mass is 372 g/mol. The van der Waals surface area contributed by atoms with Crippen LogP contribution < -0.4 is 10.6 Å². The van der Waals surface area contributed by atoms with Crippen LogP contribution in [0.4, 0.5) is 5.95 Å². The van der Waals surface area contributed by atoms with E-state index in [9.17, 15) is 4.79 Å². The predicted octanol–water partition coefficient (Wildman–Crippen LogP) is 2.50. The maximum absolute atomic E-state index is 12.7. The van der Waals surface area contributed by atoms with E-state index in [1.165, 1.54) is 0 Å². The number of halogens is 1. The fourth-order valence-electron chi connectivity index (χ4n) is 3.24. The summed E-state index contributed by atoms with van der Waals surface area (Å²) in [5.74, 6) is 1.42. The lowest BCUT2D eigenvalue weighted by molar-refractivity contribution is 0.102. The van der Waals surface area contributed by atoms with Crippen LogP contribution in [0.5, 0.6) is 0 Å². The maximum Gasteiger partial charge on any atom is 0.258 e. The van der Waals surface area contributed by atoms with Gasteiger partial charge in [-0.1, -0.05) is 12.1 Å². The normalized spacial score (nSPS) is 14.8. The summed E-state index contributed by atoms with van der Waals surface area (Å²) in [6.45, 7) is 1.96. The largest absolute Gasteiger partial charge is 0.317 e. The van der Waals surface area contributed by atoms with Gasteiger partial charge in [0.25, 0.3) is 5.91 Å². The Morgan fingerprint density at radius 1 is 1.23 bits per heavy atom. The van der Waals surface area contributed by atoms with Crippen LogP contribution in [0, 0.1) is 0 Å². The molecular formula is C18H21ClN6O. The van der Waals surface area contributed by atoms with E-state index in [2.05, 4.69) is 25.7 Å².